The zero-order chi connectivity index (χ0) is 21.4. The third kappa shape index (κ3) is 3.54. The molecule has 8 heteroatoms. The molecule has 5 rings (SSSR count). The number of pyridine rings is 1. The summed E-state index contributed by atoms with van der Waals surface area (Å²) in [5.41, 5.74) is 4.91. The minimum Gasteiger partial charge on any atom is -0.493 e. The highest BCUT2D eigenvalue weighted by molar-refractivity contribution is 6.32. The van der Waals surface area contributed by atoms with Crippen LogP contribution in [0.2, 0.25) is 5.02 Å². The van der Waals surface area contributed by atoms with Gasteiger partial charge in [0.25, 0.3) is 0 Å². The van der Waals surface area contributed by atoms with E-state index in [9.17, 15) is 5.11 Å². The lowest BCUT2D eigenvalue weighted by atomic mass is 9.92. The predicted octanol–water partition coefficient (Wildman–Crippen LogP) is 4.50. The molecule has 2 aliphatic rings. The lowest BCUT2D eigenvalue weighted by Gasteiger charge is -2.28. The number of aliphatic hydroxyl groups excluding tert-OH is 1. The minimum absolute atomic E-state index is 0.189. The Balaban J connectivity index is 1.74. The summed E-state index contributed by atoms with van der Waals surface area (Å²) in [5.74, 6) is 1.39. The zero-order valence-corrected chi connectivity index (χ0v) is 17.7. The average Bonchev–Trinajstić information content (AvgIpc) is 3.13. The Morgan fingerprint density at radius 1 is 1.29 bits per heavy atom. The largest absolute Gasteiger partial charge is 0.493 e. The van der Waals surface area contributed by atoms with E-state index in [4.69, 9.17) is 21.1 Å². The second kappa shape index (κ2) is 8.26. The molecule has 2 aromatic heterocycles. The maximum absolute atomic E-state index is 10.9. The van der Waals surface area contributed by atoms with Gasteiger partial charge in [0, 0.05) is 35.5 Å². The summed E-state index contributed by atoms with van der Waals surface area (Å²) in [6.07, 6.45) is 7.57. The van der Waals surface area contributed by atoms with Gasteiger partial charge in [0.15, 0.2) is 5.75 Å². The Morgan fingerprint density at radius 3 is 3.06 bits per heavy atom. The number of hydrogen-bond acceptors (Lipinski definition) is 6. The Bertz CT molecular complexity index is 1140. The van der Waals surface area contributed by atoms with Crippen molar-refractivity contribution in [3.63, 3.8) is 0 Å². The average molecular weight is 439 g/mol. The number of ether oxygens (including phenoxy) is 2. The van der Waals surface area contributed by atoms with Crippen molar-refractivity contribution in [2.75, 3.05) is 25.6 Å². The van der Waals surface area contributed by atoms with Crippen LogP contribution in [0.4, 0.5) is 11.4 Å². The number of aromatic nitrogens is 2. The van der Waals surface area contributed by atoms with E-state index >= 15 is 0 Å². The van der Waals surface area contributed by atoms with E-state index < -0.39 is 6.23 Å². The maximum atomic E-state index is 10.9. The second-order valence-corrected chi connectivity index (χ2v) is 7.95. The first-order valence-corrected chi connectivity index (χ1v) is 10.5. The van der Waals surface area contributed by atoms with Crippen LogP contribution >= 0.6 is 11.6 Å². The van der Waals surface area contributed by atoms with Crippen LogP contribution in [-0.4, -0.2) is 35.3 Å². The second-order valence-electron chi connectivity index (χ2n) is 7.55. The van der Waals surface area contributed by atoms with Gasteiger partial charge in [-0.1, -0.05) is 29.8 Å². The summed E-state index contributed by atoms with van der Waals surface area (Å²) in [6.45, 7) is 1.13. The molecule has 2 bridgehead atoms. The van der Waals surface area contributed by atoms with Crippen molar-refractivity contribution in [3.05, 3.63) is 65.1 Å². The number of allylic oxidation sites excluding steroid dienone is 1. The zero-order valence-electron chi connectivity index (χ0n) is 17.0. The molecule has 0 spiro atoms. The van der Waals surface area contributed by atoms with Crippen molar-refractivity contribution in [3.8, 4) is 22.8 Å². The van der Waals surface area contributed by atoms with Crippen molar-refractivity contribution in [1.82, 2.24) is 15.3 Å². The molecule has 160 valence electrons. The fourth-order valence-electron chi connectivity index (χ4n) is 4.25. The topological polar surface area (TPSA) is 91.4 Å². The van der Waals surface area contributed by atoms with E-state index in [0.29, 0.717) is 35.4 Å². The first-order chi connectivity index (χ1) is 15.2. The molecule has 1 aromatic carbocycles. The smallest absolute Gasteiger partial charge is 0.160 e. The number of para-hydroxylation sites is 1. The van der Waals surface area contributed by atoms with Crippen LogP contribution in [0, 0.1) is 0 Å². The first kappa shape index (κ1) is 19.9. The van der Waals surface area contributed by atoms with E-state index in [-0.39, 0.29) is 5.92 Å². The number of hydrogen-bond donors (Lipinski definition) is 4. The number of H-pyrrole nitrogens is 1. The van der Waals surface area contributed by atoms with Crippen LogP contribution in [-0.2, 0) is 0 Å². The van der Waals surface area contributed by atoms with Gasteiger partial charge in [0.1, 0.15) is 18.6 Å². The molecule has 2 atom stereocenters. The van der Waals surface area contributed by atoms with Gasteiger partial charge in [-0.05, 0) is 24.6 Å². The summed E-state index contributed by atoms with van der Waals surface area (Å²) < 4.78 is 11.5. The van der Waals surface area contributed by atoms with Crippen LogP contribution in [0.3, 0.4) is 0 Å². The Hall–Kier alpha value is -3.00. The highest BCUT2D eigenvalue weighted by atomic mass is 35.5. The summed E-state index contributed by atoms with van der Waals surface area (Å²) >= 11 is 6.35. The number of methoxy groups -OCH3 is 1. The molecule has 2 aliphatic heterocycles. The molecule has 0 amide bonds. The van der Waals surface area contributed by atoms with E-state index in [1.807, 2.05) is 24.3 Å². The quantitative estimate of drug-likeness (QED) is 0.450. The number of anilines is 2. The Morgan fingerprint density at radius 2 is 2.19 bits per heavy atom. The van der Waals surface area contributed by atoms with Crippen molar-refractivity contribution < 1.29 is 14.6 Å². The van der Waals surface area contributed by atoms with Gasteiger partial charge in [-0.25, -0.2) is 0 Å². The SMILES string of the molecule is COc1c(Cl)cccc1Nc1c2[nH]c3c1C(O)NCC3C/C=C\COc1cnccc1-2. The van der Waals surface area contributed by atoms with Crippen LogP contribution < -0.4 is 20.1 Å². The third-order valence-electron chi connectivity index (χ3n) is 5.72. The summed E-state index contributed by atoms with van der Waals surface area (Å²) in [5, 5.41) is 18.1. The van der Waals surface area contributed by atoms with E-state index in [1.165, 1.54) is 0 Å². The van der Waals surface area contributed by atoms with Gasteiger partial charge in [-0.3, -0.25) is 10.3 Å². The molecule has 4 heterocycles. The molecular weight excluding hydrogens is 416 g/mol. The lowest BCUT2D eigenvalue weighted by molar-refractivity contribution is 0.127. The van der Waals surface area contributed by atoms with Gasteiger partial charge < -0.3 is 24.9 Å². The van der Waals surface area contributed by atoms with Crippen molar-refractivity contribution in [1.29, 1.82) is 0 Å². The maximum Gasteiger partial charge on any atom is 0.160 e. The lowest BCUT2D eigenvalue weighted by Crippen LogP contribution is -2.32. The number of nitrogens with zero attached hydrogens (tertiary/aromatic N) is 1. The van der Waals surface area contributed by atoms with Gasteiger partial charge in [-0.15, -0.1) is 0 Å². The number of aliphatic hydroxyl groups is 1. The molecule has 31 heavy (non-hydrogen) atoms. The highest BCUT2D eigenvalue weighted by Gasteiger charge is 2.33. The van der Waals surface area contributed by atoms with Crippen LogP contribution in [0.1, 0.15) is 29.8 Å². The molecule has 4 N–H and O–H groups in total. The van der Waals surface area contributed by atoms with E-state index in [1.54, 1.807) is 25.6 Å². The molecule has 0 radical (unpaired) electrons. The Labute approximate surface area is 185 Å². The van der Waals surface area contributed by atoms with E-state index in [0.717, 1.165) is 34.6 Å². The third-order valence-corrected chi connectivity index (χ3v) is 6.01. The van der Waals surface area contributed by atoms with Crippen LogP contribution in [0.15, 0.2) is 48.8 Å². The minimum atomic E-state index is -0.818. The van der Waals surface area contributed by atoms with E-state index in [2.05, 4.69) is 26.7 Å². The monoisotopic (exact) mass is 438 g/mol. The first-order valence-electron chi connectivity index (χ1n) is 10.2. The molecule has 7 nitrogen and oxygen atoms in total. The highest BCUT2D eigenvalue weighted by Crippen LogP contribution is 2.47. The fraction of sp³-hybridized carbons (Fsp3) is 0.261. The Kier molecular flexibility index (Phi) is 5.31. The molecule has 0 fully saturated rings. The molecule has 0 saturated carbocycles. The summed E-state index contributed by atoms with van der Waals surface area (Å²) in [4.78, 5) is 7.81. The van der Waals surface area contributed by atoms with Gasteiger partial charge in [-0.2, -0.15) is 0 Å². The summed E-state index contributed by atoms with van der Waals surface area (Å²) in [7, 11) is 1.58. The van der Waals surface area contributed by atoms with Gasteiger partial charge in [0.2, 0.25) is 0 Å². The normalized spacial score (nSPS) is 20.7. The van der Waals surface area contributed by atoms with Crippen LogP contribution in [0.5, 0.6) is 11.5 Å². The number of aromatic amines is 1. The molecule has 2 unspecified atom stereocenters. The molecule has 0 saturated heterocycles. The fourth-order valence-corrected chi connectivity index (χ4v) is 4.50. The van der Waals surface area contributed by atoms with Crippen molar-refractivity contribution in [2.45, 2.75) is 18.6 Å². The van der Waals surface area contributed by atoms with Gasteiger partial charge in [0.05, 0.1) is 35.4 Å². The number of benzene rings is 1. The number of rotatable bonds is 3. The van der Waals surface area contributed by atoms with Gasteiger partial charge >= 0.3 is 0 Å². The standard InChI is InChI=1S/C23H23ClN4O3/c1-30-22-15(24)6-4-7-16(22)27-21-18-19-13(11-26-23(18)29)5-2-3-10-31-17-12-25-9-8-14(17)20(21)28-19/h2-4,6-9,12-13,23,26-29H,5,10-11H2,1H3/b3-2-. The molecular formula is C23H23ClN4O3. The molecule has 3 aromatic rings. The number of nitrogens with one attached hydrogen (secondary N) is 3. The van der Waals surface area contributed by atoms with Crippen molar-refractivity contribution in [2.24, 2.45) is 0 Å². The summed E-state index contributed by atoms with van der Waals surface area (Å²) in [6, 6.07) is 7.43. The molecule has 0 aliphatic carbocycles. The number of halogens is 1. The predicted molar refractivity (Wildman–Crippen MR) is 120 cm³/mol. The van der Waals surface area contributed by atoms with Crippen molar-refractivity contribution >= 4 is 23.0 Å². The van der Waals surface area contributed by atoms with Crippen LogP contribution in [0.25, 0.3) is 11.3 Å². The number of fused-ring (bicyclic) bond motifs is 3.